The van der Waals surface area contributed by atoms with Crippen molar-refractivity contribution in [3.63, 3.8) is 0 Å². The molecule has 0 amide bonds. The molecule has 2 aromatic carbocycles. The van der Waals surface area contributed by atoms with Gasteiger partial charge in [-0.15, -0.1) is 0 Å². The third-order valence-electron chi connectivity index (χ3n) is 4.75. The molecular formula is C19H18ClN. The predicted octanol–water partition coefficient (Wildman–Crippen LogP) is 5.47. The fourth-order valence-corrected chi connectivity index (χ4v) is 3.84. The first-order chi connectivity index (χ1) is 10.2. The molecule has 0 fully saturated rings. The molecule has 1 aliphatic heterocycles. The van der Waals surface area contributed by atoms with Crippen LogP contribution in [0.5, 0.6) is 0 Å². The van der Waals surface area contributed by atoms with E-state index in [-0.39, 0.29) is 0 Å². The molecule has 2 aliphatic rings. The zero-order valence-electron chi connectivity index (χ0n) is 12.0. The summed E-state index contributed by atoms with van der Waals surface area (Å²) >= 11 is 6.03. The van der Waals surface area contributed by atoms with Crippen LogP contribution >= 0.6 is 11.6 Å². The van der Waals surface area contributed by atoms with Crippen molar-refractivity contribution in [2.45, 2.75) is 25.3 Å². The van der Waals surface area contributed by atoms with Gasteiger partial charge in [0.1, 0.15) is 0 Å². The van der Waals surface area contributed by atoms with Gasteiger partial charge in [0.15, 0.2) is 0 Å². The number of hydrogen-bond acceptors (Lipinski definition) is 1. The summed E-state index contributed by atoms with van der Waals surface area (Å²) in [4.78, 5) is 0. The van der Waals surface area contributed by atoms with Crippen LogP contribution in [0.4, 0.5) is 5.69 Å². The van der Waals surface area contributed by atoms with Gasteiger partial charge in [0.05, 0.1) is 6.04 Å². The van der Waals surface area contributed by atoms with Crippen molar-refractivity contribution in [3.05, 3.63) is 76.3 Å². The molecule has 4 rings (SSSR count). The summed E-state index contributed by atoms with van der Waals surface area (Å²) in [5.41, 5.74) is 5.37. The lowest BCUT2D eigenvalue weighted by Crippen LogP contribution is -2.29. The number of benzene rings is 2. The average Bonchev–Trinajstić information content (AvgIpc) is 2.97. The van der Waals surface area contributed by atoms with Crippen molar-refractivity contribution in [1.29, 1.82) is 0 Å². The van der Waals surface area contributed by atoms with E-state index in [2.05, 4.69) is 54.7 Å². The van der Waals surface area contributed by atoms with Crippen LogP contribution in [-0.2, 0) is 0 Å². The van der Waals surface area contributed by atoms with Crippen LogP contribution < -0.4 is 5.32 Å². The van der Waals surface area contributed by atoms with E-state index in [1.165, 1.54) is 22.4 Å². The highest BCUT2D eigenvalue weighted by atomic mass is 35.5. The molecule has 0 aromatic heterocycles. The molecule has 0 bridgehead atoms. The molecule has 0 saturated carbocycles. The van der Waals surface area contributed by atoms with E-state index in [4.69, 9.17) is 11.6 Å². The number of allylic oxidation sites excluding steroid dienone is 2. The maximum atomic E-state index is 6.03. The molecule has 1 aliphatic carbocycles. The molecule has 106 valence electrons. The first-order valence-electron chi connectivity index (χ1n) is 7.51. The van der Waals surface area contributed by atoms with E-state index in [0.717, 1.165) is 11.4 Å². The third-order valence-corrected chi connectivity index (χ3v) is 5.00. The van der Waals surface area contributed by atoms with Gasteiger partial charge in [-0.1, -0.05) is 53.6 Å². The van der Waals surface area contributed by atoms with Gasteiger partial charge in [-0.2, -0.15) is 0 Å². The molecule has 0 spiro atoms. The minimum absolute atomic E-state index is 0.359. The first-order valence-corrected chi connectivity index (χ1v) is 7.89. The quantitative estimate of drug-likeness (QED) is 0.687. The Bertz CT molecular complexity index is 702. The summed E-state index contributed by atoms with van der Waals surface area (Å²) in [5, 5.41) is 4.55. The highest BCUT2D eigenvalue weighted by Gasteiger charge is 2.37. The van der Waals surface area contributed by atoms with Crippen molar-refractivity contribution in [2.75, 3.05) is 5.32 Å². The standard InChI is InChI=1S/C19H18ClN/c1-12-5-10-18-17(11-12)15-3-2-4-16(15)19(21-18)13-6-8-14(20)9-7-13/h2-3,5-11,15-16,19,21H,4H2,1H3/t15-,16+,19+/m0/s1. The van der Waals surface area contributed by atoms with E-state index in [1.807, 2.05) is 12.1 Å². The molecule has 1 heterocycles. The number of fused-ring (bicyclic) bond motifs is 3. The monoisotopic (exact) mass is 295 g/mol. The van der Waals surface area contributed by atoms with Crippen molar-refractivity contribution in [3.8, 4) is 0 Å². The molecular weight excluding hydrogens is 278 g/mol. The lowest BCUT2D eigenvalue weighted by Gasteiger charge is -2.37. The van der Waals surface area contributed by atoms with Gasteiger partial charge in [-0.3, -0.25) is 0 Å². The Kier molecular flexibility index (Phi) is 3.04. The Morgan fingerprint density at radius 2 is 1.90 bits per heavy atom. The summed E-state index contributed by atoms with van der Waals surface area (Å²) in [6.45, 7) is 2.17. The Morgan fingerprint density at radius 3 is 2.71 bits per heavy atom. The van der Waals surface area contributed by atoms with Gasteiger partial charge in [0, 0.05) is 16.6 Å². The molecule has 3 atom stereocenters. The smallest absolute Gasteiger partial charge is 0.0553 e. The second-order valence-electron chi connectivity index (χ2n) is 6.12. The minimum Gasteiger partial charge on any atom is -0.378 e. The van der Waals surface area contributed by atoms with E-state index in [1.54, 1.807) is 0 Å². The number of rotatable bonds is 1. The first kappa shape index (κ1) is 13.0. The van der Waals surface area contributed by atoms with Crippen molar-refractivity contribution >= 4 is 17.3 Å². The summed E-state index contributed by atoms with van der Waals surface area (Å²) < 4.78 is 0. The lowest BCUT2D eigenvalue weighted by molar-refractivity contribution is 0.425. The van der Waals surface area contributed by atoms with Gasteiger partial charge in [-0.05, 0) is 48.6 Å². The largest absolute Gasteiger partial charge is 0.378 e. The van der Waals surface area contributed by atoms with E-state index in [9.17, 15) is 0 Å². The van der Waals surface area contributed by atoms with E-state index >= 15 is 0 Å². The van der Waals surface area contributed by atoms with Gasteiger partial charge in [0.25, 0.3) is 0 Å². The second-order valence-corrected chi connectivity index (χ2v) is 6.55. The van der Waals surface area contributed by atoms with E-state index < -0.39 is 0 Å². The molecule has 0 unspecified atom stereocenters. The van der Waals surface area contributed by atoms with Crippen LogP contribution in [0, 0.1) is 12.8 Å². The molecule has 0 saturated heterocycles. The summed E-state index contributed by atoms with van der Waals surface area (Å²) in [5.74, 6) is 1.13. The molecule has 2 heteroatoms. The fraction of sp³-hybridized carbons (Fsp3) is 0.263. The van der Waals surface area contributed by atoms with Crippen LogP contribution in [-0.4, -0.2) is 0 Å². The molecule has 1 nitrogen and oxygen atoms in total. The number of anilines is 1. The maximum Gasteiger partial charge on any atom is 0.0553 e. The number of nitrogens with one attached hydrogen (secondary N) is 1. The van der Waals surface area contributed by atoms with Crippen molar-refractivity contribution in [1.82, 2.24) is 0 Å². The fourth-order valence-electron chi connectivity index (χ4n) is 3.71. The Hall–Kier alpha value is -1.73. The highest BCUT2D eigenvalue weighted by molar-refractivity contribution is 6.30. The molecule has 0 radical (unpaired) electrons. The zero-order chi connectivity index (χ0) is 14.4. The SMILES string of the molecule is Cc1ccc2c(c1)[C@H]1C=CC[C@H]1[C@@H](c1ccc(Cl)cc1)N2. The summed E-state index contributed by atoms with van der Waals surface area (Å²) in [6.07, 6.45) is 5.85. The zero-order valence-corrected chi connectivity index (χ0v) is 12.8. The van der Waals surface area contributed by atoms with Crippen LogP contribution in [0.25, 0.3) is 0 Å². The normalized spacial score (nSPS) is 26.1. The second kappa shape index (κ2) is 4.92. The van der Waals surface area contributed by atoms with Crippen LogP contribution in [0.3, 0.4) is 0 Å². The molecule has 2 aromatic rings. The molecule has 21 heavy (non-hydrogen) atoms. The van der Waals surface area contributed by atoms with Gasteiger partial charge >= 0.3 is 0 Å². The third kappa shape index (κ3) is 2.16. The number of halogens is 1. The van der Waals surface area contributed by atoms with Crippen molar-refractivity contribution in [2.24, 2.45) is 5.92 Å². The summed E-state index contributed by atoms with van der Waals surface area (Å²) in [7, 11) is 0. The Balaban J connectivity index is 1.78. The van der Waals surface area contributed by atoms with Crippen LogP contribution in [0.2, 0.25) is 5.02 Å². The average molecular weight is 296 g/mol. The summed E-state index contributed by atoms with van der Waals surface area (Å²) in [6, 6.07) is 15.4. The van der Waals surface area contributed by atoms with E-state index in [0.29, 0.717) is 17.9 Å². The topological polar surface area (TPSA) is 12.0 Å². The van der Waals surface area contributed by atoms with Crippen molar-refractivity contribution < 1.29 is 0 Å². The van der Waals surface area contributed by atoms with Gasteiger partial charge in [-0.25, -0.2) is 0 Å². The Labute approximate surface area is 130 Å². The van der Waals surface area contributed by atoms with Gasteiger partial charge in [0.2, 0.25) is 0 Å². The number of aryl methyl sites for hydroxylation is 1. The lowest BCUT2D eigenvalue weighted by atomic mass is 9.77. The van der Waals surface area contributed by atoms with Crippen LogP contribution in [0.1, 0.15) is 35.1 Å². The van der Waals surface area contributed by atoms with Crippen LogP contribution in [0.15, 0.2) is 54.6 Å². The highest BCUT2D eigenvalue weighted by Crippen LogP contribution is 2.49. The molecule has 1 N–H and O–H groups in total. The van der Waals surface area contributed by atoms with Gasteiger partial charge < -0.3 is 5.32 Å². The Morgan fingerprint density at radius 1 is 1.10 bits per heavy atom. The minimum atomic E-state index is 0.359. The predicted molar refractivity (Wildman–Crippen MR) is 89.0 cm³/mol. The number of hydrogen-bond donors (Lipinski definition) is 1. The maximum absolute atomic E-state index is 6.03.